The molecule has 1 heterocycles. The highest BCUT2D eigenvalue weighted by Crippen LogP contribution is 2.16. The third-order valence-corrected chi connectivity index (χ3v) is 4.08. The Labute approximate surface area is 108 Å². The first-order valence-corrected chi connectivity index (χ1v) is 7.41. The van der Waals surface area contributed by atoms with E-state index in [0.717, 1.165) is 12.6 Å². The Bertz CT molecular complexity index is 180. The lowest BCUT2D eigenvalue weighted by molar-refractivity contribution is 0.175. The van der Waals surface area contributed by atoms with E-state index in [4.69, 9.17) is 0 Å². The van der Waals surface area contributed by atoms with E-state index in [-0.39, 0.29) is 0 Å². The van der Waals surface area contributed by atoms with Crippen molar-refractivity contribution in [3.63, 3.8) is 0 Å². The number of hydrogen-bond acceptors (Lipinski definition) is 3. The van der Waals surface area contributed by atoms with Crippen molar-refractivity contribution >= 4 is 0 Å². The molecule has 0 aromatic heterocycles. The van der Waals surface area contributed by atoms with Crippen molar-refractivity contribution in [1.82, 2.24) is 15.1 Å². The van der Waals surface area contributed by atoms with Crippen LogP contribution in [0.15, 0.2) is 0 Å². The molecule has 1 fully saturated rings. The van der Waals surface area contributed by atoms with Gasteiger partial charge in [0.05, 0.1) is 0 Å². The Morgan fingerprint density at radius 2 is 1.94 bits per heavy atom. The van der Waals surface area contributed by atoms with Crippen molar-refractivity contribution in [2.24, 2.45) is 0 Å². The van der Waals surface area contributed by atoms with Gasteiger partial charge in [-0.05, 0) is 52.5 Å². The van der Waals surface area contributed by atoms with Gasteiger partial charge in [-0.25, -0.2) is 0 Å². The Hall–Kier alpha value is -0.120. The largest absolute Gasteiger partial charge is 0.315 e. The second-order valence-corrected chi connectivity index (χ2v) is 5.20. The molecule has 0 aromatic rings. The summed E-state index contributed by atoms with van der Waals surface area (Å²) in [7, 11) is 2.28. The Kier molecular flexibility index (Phi) is 7.82. The minimum atomic E-state index is 0.824. The van der Waals surface area contributed by atoms with Crippen LogP contribution in [0, 0.1) is 0 Å². The molecule has 0 aliphatic carbocycles. The molecular formula is C14H31N3. The lowest BCUT2D eigenvalue weighted by atomic mass is 10.0. The molecule has 1 aliphatic heterocycles. The summed E-state index contributed by atoms with van der Waals surface area (Å²) in [6, 6.07) is 0.824. The first-order chi connectivity index (χ1) is 8.27. The molecule has 17 heavy (non-hydrogen) atoms. The van der Waals surface area contributed by atoms with Gasteiger partial charge in [-0.3, -0.25) is 0 Å². The molecule has 0 aromatic carbocycles. The van der Waals surface area contributed by atoms with E-state index >= 15 is 0 Å². The molecule has 0 radical (unpaired) electrons. The van der Waals surface area contributed by atoms with Crippen LogP contribution in [0.3, 0.4) is 0 Å². The molecule has 0 saturated carbocycles. The standard InChI is InChI=1S/C14H31N3/c1-4-17(5-2)13-11-15-10-9-14-8-6-7-12-16(14)3/h14-15H,4-13H2,1-3H3. The Morgan fingerprint density at radius 1 is 1.18 bits per heavy atom. The van der Waals surface area contributed by atoms with Gasteiger partial charge in [0.15, 0.2) is 0 Å². The van der Waals surface area contributed by atoms with Crippen LogP contribution in [-0.2, 0) is 0 Å². The Morgan fingerprint density at radius 3 is 2.59 bits per heavy atom. The average Bonchev–Trinajstić information content (AvgIpc) is 2.36. The fourth-order valence-electron chi connectivity index (χ4n) is 2.68. The third-order valence-electron chi connectivity index (χ3n) is 4.08. The lowest BCUT2D eigenvalue weighted by Gasteiger charge is -2.32. The van der Waals surface area contributed by atoms with Crippen molar-refractivity contribution in [3.8, 4) is 0 Å². The van der Waals surface area contributed by atoms with Crippen LogP contribution in [0.5, 0.6) is 0 Å². The van der Waals surface area contributed by atoms with Crippen molar-refractivity contribution in [3.05, 3.63) is 0 Å². The zero-order chi connectivity index (χ0) is 12.5. The van der Waals surface area contributed by atoms with E-state index < -0.39 is 0 Å². The maximum atomic E-state index is 3.58. The normalized spacial score (nSPS) is 22.2. The monoisotopic (exact) mass is 241 g/mol. The molecule has 1 aliphatic rings. The van der Waals surface area contributed by atoms with E-state index in [1.165, 1.54) is 58.4 Å². The SMILES string of the molecule is CCN(CC)CCNCCC1CCCCN1C. The van der Waals surface area contributed by atoms with E-state index in [1.807, 2.05) is 0 Å². The van der Waals surface area contributed by atoms with Crippen LogP contribution in [0.2, 0.25) is 0 Å². The summed E-state index contributed by atoms with van der Waals surface area (Å²) in [5, 5.41) is 3.58. The summed E-state index contributed by atoms with van der Waals surface area (Å²) in [4.78, 5) is 5.01. The van der Waals surface area contributed by atoms with Gasteiger partial charge in [-0.15, -0.1) is 0 Å². The number of rotatable bonds is 8. The van der Waals surface area contributed by atoms with Crippen LogP contribution in [0.1, 0.15) is 39.5 Å². The molecule has 1 saturated heterocycles. The minimum Gasteiger partial charge on any atom is -0.315 e. The quantitative estimate of drug-likeness (QED) is 0.654. The Balaban J connectivity index is 1.99. The second kappa shape index (κ2) is 8.90. The van der Waals surface area contributed by atoms with Gasteiger partial charge in [0, 0.05) is 19.1 Å². The summed E-state index contributed by atoms with van der Waals surface area (Å²) in [5.41, 5.74) is 0. The first-order valence-electron chi connectivity index (χ1n) is 7.41. The van der Waals surface area contributed by atoms with E-state index in [1.54, 1.807) is 0 Å². The number of likely N-dealkylation sites (N-methyl/N-ethyl adjacent to an activating group) is 1. The second-order valence-electron chi connectivity index (χ2n) is 5.20. The van der Waals surface area contributed by atoms with Crippen molar-refractivity contribution in [2.75, 3.05) is 46.3 Å². The van der Waals surface area contributed by atoms with Gasteiger partial charge < -0.3 is 15.1 Å². The van der Waals surface area contributed by atoms with Crippen LogP contribution >= 0.6 is 0 Å². The number of nitrogens with zero attached hydrogens (tertiary/aromatic N) is 2. The molecule has 1 unspecified atom stereocenters. The molecule has 1 atom stereocenters. The van der Waals surface area contributed by atoms with Crippen LogP contribution in [-0.4, -0.2) is 62.2 Å². The number of piperidine rings is 1. The fraction of sp³-hybridized carbons (Fsp3) is 1.00. The van der Waals surface area contributed by atoms with Gasteiger partial charge in [-0.2, -0.15) is 0 Å². The number of nitrogens with one attached hydrogen (secondary N) is 1. The highest BCUT2D eigenvalue weighted by molar-refractivity contribution is 4.74. The van der Waals surface area contributed by atoms with Gasteiger partial charge in [0.2, 0.25) is 0 Å². The molecule has 1 rings (SSSR count). The smallest absolute Gasteiger partial charge is 0.0107 e. The summed E-state index contributed by atoms with van der Waals surface area (Å²) in [6.07, 6.45) is 5.53. The molecular weight excluding hydrogens is 210 g/mol. The van der Waals surface area contributed by atoms with Gasteiger partial charge >= 0.3 is 0 Å². The molecule has 3 nitrogen and oxygen atoms in total. The molecule has 102 valence electrons. The van der Waals surface area contributed by atoms with Gasteiger partial charge in [0.1, 0.15) is 0 Å². The minimum absolute atomic E-state index is 0.824. The van der Waals surface area contributed by atoms with E-state index in [0.29, 0.717) is 0 Å². The van der Waals surface area contributed by atoms with E-state index in [2.05, 4.69) is 36.0 Å². The van der Waals surface area contributed by atoms with Crippen LogP contribution in [0.25, 0.3) is 0 Å². The van der Waals surface area contributed by atoms with Crippen LogP contribution in [0.4, 0.5) is 0 Å². The predicted octanol–water partition coefficient (Wildman–Crippen LogP) is 1.79. The maximum Gasteiger partial charge on any atom is 0.0107 e. The summed E-state index contributed by atoms with van der Waals surface area (Å²) >= 11 is 0. The highest BCUT2D eigenvalue weighted by atomic mass is 15.1. The van der Waals surface area contributed by atoms with Gasteiger partial charge in [-0.1, -0.05) is 20.3 Å². The van der Waals surface area contributed by atoms with Gasteiger partial charge in [0.25, 0.3) is 0 Å². The highest BCUT2D eigenvalue weighted by Gasteiger charge is 2.17. The van der Waals surface area contributed by atoms with Crippen LogP contribution < -0.4 is 5.32 Å². The fourth-order valence-corrected chi connectivity index (χ4v) is 2.68. The number of hydrogen-bond donors (Lipinski definition) is 1. The maximum absolute atomic E-state index is 3.58. The molecule has 0 bridgehead atoms. The molecule has 0 amide bonds. The average molecular weight is 241 g/mol. The zero-order valence-corrected chi connectivity index (χ0v) is 12.0. The first kappa shape index (κ1) is 14.9. The van der Waals surface area contributed by atoms with Crippen molar-refractivity contribution in [2.45, 2.75) is 45.6 Å². The topological polar surface area (TPSA) is 18.5 Å². The predicted molar refractivity (Wildman–Crippen MR) is 75.5 cm³/mol. The lowest BCUT2D eigenvalue weighted by Crippen LogP contribution is -2.39. The summed E-state index contributed by atoms with van der Waals surface area (Å²) in [5.74, 6) is 0. The zero-order valence-electron chi connectivity index (χ0n) is 12.0. The molecule has 3 heteroatoms. The van der Waals surface area contributed by atoms with E-state index in [9.17, 15) is 0 Å². The summed E-state index contributed by atoms with van der Waals surface area (Å²) < 4.78 is 0. The van der Waals surface area contributed by atoms with Crippen molar-refractivity contribution in [1.29, 1.82) is 0 Å². The molecule has 1 N–H and O–H groups in total. The summed E-state index contributed by atoms with van der Waals surface area (Å²) in [6.45, 7) is 11.6. The third kappa shape index (κ3) is 5.84. The number of likely N-dealkylation sites (tertiary alicyclic amines) is 1. The molecule has 0 spiro atoms. The van der Waals surface area contributed by atoms with Crippen molar-refractivity contribution < 1.29 is 0 Å².